The molecule has 1 aliphatic heterocycles. The molecule has 1 aromatic heterocycles. The highest BCUT2D eigenvalue weighted by molar-refractivity contribution is 7.10. The number of aliphatic hydroxyl groups is 1. The summed E-state index contributed by atoms with van der Waals surface area (Å²) < 4.78 is 0. The molecule has 158 valence electrons. The molecule has 5 nitrogen and oxygen atoms in total. The number of hydrogen-bond acceptors (Lipinski definition) is 5. The minimum Gasteiger partial charge on any atom is -0.507 e. The molecule has 3 aromatic rings. The van der Waals surface area contributed by atoms with Gasteiger partial charge in [-0.1, -0.05) is 23.8 Å². The first-order valence-corrected chi connectivity index (χ1v) is 10.9. The molecule has 31 heavy (non-hydrogen) atoms. The fraction of sp³-hybridized carbons (Fsp3) is 0.200. The summed E-state index contributed by atoms with van der Waals surface area (Å²) >= 11 is 1.45. The topological polar surface area (TPSA) is 60.9 Å². The molecule has 1 fully saturated rings. The minimum absolute atomic E-state index is 0.123. The van der Waals surface area contributed by atoms with E-state index in [1.54, 1.807) is 0 Å². The van der Waals surface area contributed by atoms with Crippen LogP contribution in [0.2, 0.25) is 0 Å². The Kier molecular flexibility index (Phi) is 5.41. The largest absolute Gasteiger partial charge is 0.507 e. The Balaban J connectivity index is 1.91. The van der Waals surface area contributed by atoms with Gasteiger partial charge >= 0.3 is 0 Å². The first-order valence-electron chi connectivity index (χ1n) is 9.99. The smallest absolute Gasteiger partial charge is 0.300 e. The lowest BCUT2D eigenvalue weighted by molar-refractivity contribution is -0.132. The van der Waals surface area contributed by atoms with E-state index >= 15 is 0 Å². The third kappa shape index (κ3) is 3.64. The Labute approximate surface area is 185 Å². The summed E-state index contributed by atoms with van der Waals surface area (Å²) in [6.45, 7) is 3.81. The molecule has 1 aliphatic rings. The Morgan fingerprint density at radius 1 is 1.03 bits per heavy atom. The van der Waals surface area contributed by atoms with E-state index in [0.717, 1.165) is 21.7 Å². The number of aryl methyl sites for hydroxylation is 2. The molecule has 1 atom stereocenters. The molecule has 4 rings (SSSR count). The van der Waals surface area contributed by atoms with Crippen LogP contribution in [0, 0.1) is 13.8 Å². The molecule has 0 saturated carbocycles. The number of hydrogen-bond donors (Lipinski definition) is 1. The van der Waals surface area contributed by atoms with Crippen molar-refractivity contribution in [2.75, 3.05) is 23.9 Å². The lowest BCUT2D eigenvalue weighted by Crippen LogP contribution is -2.29. The van der Waals surface area contributed by atoms with Gasteiger partial charge in [0.05, 0.1) is 5.57 Å². The number of amides is 1. The van der Waals surface area contributed by atoms with Gasteiger partial charge in [-0.05, 0) is 61.2 Å². The molecule has 1 N–H and O–H groups in total. The molecule has 0 radical (unpaired) electrons. The second-order valence-corrected chi connectivity index (χ2v) is 8.89. The Bertz CT molecular complexity index is 1180. The van der Waals surface area contributed by atoms with Gasteiger partial charge in [0.15, 0.2) is 0 Å². The zero-order valence-corrected chi connectivity index (χ0v) is 18.7. The maximum absolute atomic E-state index is 13.2. The Hall–Kier alpha value is -3.38. The van der Waals surface area contributed by atoms with Crippen molar-refractivity contribution in [1.82, 2.24) is 0 Å². The maximum atomic E-state index is 13.2. The predicted octanol–water partition coefficient (Wildman–Crippen LogP) is 5.06. The second-order valence-electron chi connectivity index (χ2n) is 7.91. The van der Waals surface area contributed by atoms with Crippen molar-refractivity contribution in [2.45, 2.75) is 19.9 Å². The van der Waals surface area contributed by atoms with Crippen molar-refractivity contribution in [3.05, 3.63) is 87.1 Å². The van der Waals surface area contributed by atoms with Crippen molar-refractivity contribution < 1.29 is 14.7 Å². The molecule has 2 aromatic carbocycles. The van der Waals surface area contributed by atoms with Gasteiger partial charge in [-0.3, -0.25) is 14.5 Å². The van der Waals surface area contributed by atoms with E-state index in [4.69, 9.17) is 0 Å². The third-order valence-corrected chi connectivity index (χ3v) is 6.47. The van der Waals surface area contributed by atoms with Crippen molar-refractivity contribution in [2.24, 2.45) is 0 Å². The van der Waals surface area contributed by atoms with Crippen molar-refractivity contribution in [3.63, 3.8) is 0 Å². The number of carbonyl (C=O) groups is 2. The molecule has 0 spiro atoms. The van der Waals surface area contributed by atoms with Crippen LogP contribution >= 0.6 is 11.3 Å². The van der Waals surface area contributed by atoms with E-state index < -0.39 is 17.7 Å². The SMILES string of the molecule is Cc1ccc(C)c(/C(O)=C2/C(=O)C(=O)N(c3ccc(N(C)C)cc3)C2c2cccs2)c1. The van der Waals surface area contributed by atoms with Gasteiger partial charge < -0.3 is 10.0 Å². The van der Waals surface area contributed by atoms with E-state index in [2.05, 4.69) is 0 Å². The molecule has 0 aliphatic carbocycles. The molecule has 0 bridgehead atoms. The molecule has 2 heterocycles. The van der Waals surface area contributed by atoms with Crippen LogP contribution in [-0.4, -0.2) is 30.9 Å². The standard InChI is InChI=1S/C25H24N2O3S/c1-15-7-8-16(2)19(14-15)23(28)21-22(20-6-5-13-31-20)27(25(30)24(21)29)18-11-9-17(10-12-18)26(3)4/h5-14,22,28H,1-4H3/b23-21-. The summed E-state index contributed by atoms with van der Waals surface area (Å²) in [5.74, 6) is -1.44. The average molecular weight is 433 g/mol. The van der Waals surface area contributed by atoms with Crippen LogP contribution < -0.4 is 9.80 Å². The number of Topliss-reactive ketones (excluding diaryl/α,β-unsaturated/α-hetero) is 1. The number of thiophene rings is 1. The minimum atomic E-state index is -0.676. The van der Waals surface area contributed by atoms with Crippen LogP contribution in [0.3, 0.4) is 0 Å². The number of rotatable bonds is 4. The molecular weight excluding hydrogens is 408 g/mol. The number of carbonyl (C=O) groups excluding carboxylic acids is 2. The summed E-state index contributed by atoms with van der Waals surface area (Å²) in [6, 6.07) is 16.3. The van der Waals surface area contributed by atoms with Crippen LogP contribution in [0.25, 0.3) is 5.76 Å². The Morgan fingerprint density at radius 3 is 2.35 bits per heavy atom. The number of aliphatic hydroxyl groups excluding tert-OH is 1. The van der Waals surface area contributed by atoms with Crippen LogP contribution in [0.5, 0.6) is 0 Å². The molecule has 6 heteroatoms. The highest BCUT2D eigenvalue weighted by atomic mass is 32.1. The fourth-order valence-electron chi connectivity index (χ4n) is 3.86. The lowest BCUT2D eigenvalue weighted by Gasteiger charge is -2.25. The highest BCUT2D eigenvalue weighted by Gasteiger charge is 2.47. The van der Waals surface area contributed by atoms with E-state index in [9.17, 15) is 14.7 Å². The van der Waals surface area contributed by atoms with E-state index in [0.29, 0.717) is 11.3 Å². The normalized spacial score (nSPS) is 17.9. The quantitative estimate of drug-likeness (QED) is 0.356. The van der Waals surface area contributed by atoms with Crippen molar-refractivity contribution >= 4 is 40.2 Å². The van der Waals surface area contributed by atoms with Gasteiger partial charge in [-0.25, -0.2) is 0 Å². The number of benzene rings is 2. The first kappa shape index (κ1) is 20.9. The summed E-state index contributed by atoms with van der Waals surface area (Å²) in [5, 5.41) is 13.1. The average Bonchev–Trinajstić information content (AvgIpc) is 3.36. The zero-order chi connectivity index (χ0) is 22.3. The van der Waals surface area contributed by atoms with Gasteiger partial charge in [-0.2, -0.15) is 0 Å². The molecule has 1 amide bonds. The molecule has 1 saturated heterocycles. The summed E-state index contributed by atoms with van der Waals surface area (Å²) in [4.78, 5) is 30.6. The van der Waals surface area contributed by atoms with Crippen molar-refractivity contribution in [1.29, 1.82) is 0 Å². The predicted molar refractivity (Wildman–Crippen MR) is 126 cm³/mol. The van der Waals surface area contributed by atoms with Crippen molar-refractivity contribution in [3.8, 4) is 0 Å². The lowest BCUT2D eigenvalue weighted by atomic mass is 9.96. The summed E-state index contributed by atoms with van der Waals surface area (Å²) in [5.41, 5.74) is 4.11. The van der Waals surface area contributed by atoms with Crippen LogP contribution in [0.15, 0.2) is 65.6 Å². The molecule has 1 unspecified atom stereocenters. The van der Waals surface area contributed by atoms with Crippen LogP contribution in [-0.2, 0) is 9.59 Å². The zero-order valence-electron chi connectivity index (χ0n) is 17.9. The van der Waals surface area contributed by atoms with Gasteiger partial charge in [0.2, 0.25) is 0 Å². The van der Waals surface area contributed by atoms with Crippen LogP contribution in [0.1, 0.15) is 27.6 Å². The van der Waals surface area contributed by atoms with E-state index in [-0.39, 0.29) is 11.3 Å². The third-order valence-electron chi connectivity index (χ3n) is 5.55. The highest BCUT2D eigenvalue weighted by Crippen LogP contribution is 2.44. The number of nitrogens with zero attached hydrogens (tertiary/aromatic N) is 2. The Morgan fingerprint density at radius 2 is 1.74 bits per heavy atom. The fourth-order valence-corrected chi connectivity index (χ4v) is 4.69. The summed E-state index contributed by atoms with van der Waals surface area (Å²) in [6.07, 6.45) is 0. The van der Waals surface area contributed by atoms with Crippen LogP contribution in [0.4, 0.5) is 11.4 Å². The maximum Gasteiger partial charge on any atom is 0.300 e. The van der Waals surface area contributed by atoms with Gasteiger partial charge in [0.25, 0.3) is 11.7 Å². The summed E-state index contributed by atoms with van der Waals surface area (Å²) in [7, 11) is 3.88. The van der Waals surface area contributed by atoms with Gasteiger partial charge in [0.1, 0.15) is 11.8 Å². The monoisotopic (exact) mass is 432 g/mol. The van der Waals surface area contributed by atoms with Gasteiger partial charge in [-0.15, -0.1) is 11.3 Å². The van der Waals surface area contributed by atoms with E-state index in [1.807, 2.05) is 92.8 Å². The molecular formula is C25H24N2O3S. The first-order chi connectivity index (χ1) is 14.8. The van der Waals surface area contributed by atoms with E-state index in [1.165, 1.54) is 16.2 Å². The number of ketones is 1. The second kappa shape index (κ2) is 8.04. The number of anilines is 2. The van der Waals surface area contributed by atoms with Gasteiger partial charge in [0, 0.05) is 35.9 Å².